The molecular weight excluding hydrogens is 378 g/mol. The van der Waals surface area contributed by atoms with Crippen molar-refractivity contribution in [2.75, 3.05) is 5.73 Å². The normalized spacial score (nSPS) is 10.9. The van der Waals surface area contributed by atoms with Crippen LogP contribution in [0, 0.1) is 6.92 Å². The van der Waals surface area contributed by atoms with Gasteiger partial charge in [0.1, 0.15) is 21.2 Å². The highest BCUT2D eigenvalue weighted by molar-refractivity contribution is 7.20. The highest BCUT2D eigenvalue weighted by Crippen LogP contribution is 2.30. The number of hydrogen-bond acceptors (Lipinski definition) is 6. The number of para-hydroxylation sites is 1. The maximum atomic E-state index is 12.7. The van der Waals surface area contributed by atoms with Crippen LogP contribution in [0.1, 0.15) is 15.2 Å². The second-order valence-electron chi connectivity index (χ2n) is 6.11. The fourth-order valence-electron chi connectivity index (χ4n) is 2.81. The van der Waals surface area contributed by atoms with E-state index in [1.165, 1.54) is 10.6 Å². The van der Waals surface area contributed by atoms with Gasteiger partial charge in [0.2, 0.25) is 0 Å². The predicted molar refractivity (Wildman–Crippen MR) is 108 cm³/mol. The molecule has 0 amide bonds. The first kappa shape index (κ1) is 17.7. The number of carbonyl (C=O) groups is 1. The first-order valence-electron chi connectivity index (χ1n) is 8.33. The van der Waals surface area contributed by atoms with E-state index in [-0.39, 0.29) is 10.7 Å². The van der Waals surface area contributed by atoms with Gasteiger partial charge in [-0.15, -0.1) is 11.3 Å². The summed E-state index contributed by atoms with van der Waals surface area (Å²) in [6.07, 6.45) is 0. The largest absolute Gasteiger partial charge is 0.477 e. The van der Waals surface area contributed by atoms with Gasteiger partial charge in [-0.05, 0) is 36.8 Å². The number of carboxylic acids is 1. The highest BCUT2D eigenvalue weighted by Gasteiger charge is 2.17. The monoisotopic (exact) mass is 393 g/mol. The number of aryl methyl sites for hydroxylation is 1. The summed E-state index contributed by atoms with van der Waals surface area (Å²) in [7, 11) is 0. The molecular formula is C20H15N3O4S. The number of benzene rings is 2. The lowest BCUT2D eigenvalue weighted by Crippen LogP contribution is -2.22. The summed E-state index contributed by atoms with van der Waals surface area (Å²) < 4.78 is 7.30. The number of ether oxygens (including phenoxy) is 1. The molecule has 2 aromatic carbocycles. The van der Waals surface area contributed by atoms with Crippen molar-refractivity contribution in [1.82, 2.24) is 9.55 Å². The van der Waals surface area contributed by atoms with E-state index in [9.17, 15) is 14.7 Å². The van der Waals surface area contributed by atoms with Crippen LogP contribution in [0.25, 0.3) is 16.0 Å². The zero-order valence-electron chi connectivity index (χ0n) is 14.7. The Morgan fingerprint density at radius 1 is 1.18 bits per heavy atom. The number of rotatable bonds is 4. The van der Waals surface area contributed by atoms with Crippen LogP contribution in [0.15, 0.2) is 59.4 Å². The number of anilines is 1. The number of carboxylic acid groups (broad SMARTS) is 1. The molecule has 8 heteroatoms. The zero-order chi connectivity index (χ0) is 19.8. The minimum Gasteiger partial charge on any atom is -0.477 e. The van der Waals surface area contributed by atoms with E-state index in [0.717, 1.165) is 16.9 Å². The number of thiophene rings is 1. The van der Waals surface area contributed by atoms with Crippen LogP contribution in [0.3, 0.4) is 0 Å². The molecule has 28 heavy (non-hydrogen) atoms. The Bertz CT molecular complexity index is 1260. The van der Waals surface area contributed by atoms with Crippen LogP contribution < -0.4 is 16.0 Å². The van der Waals surface area contributed by atoms with E-state index in [2.05, 4.69) is 4.98 Å². The number of aromatic carboxylic acids is 1. The van der Waals surface area contributed by atoms with Crippen molar-refractivity contribution in [2.45, 2.75) is 6.92 Å². The first-order valence-corrected chi connectivity index (χ1v) is 9.15. The topological polar surface area (TPSA) is 107 Å². The summed E-state index contributed by atoms with van der Waals surface area (Å²) in [5.74, 6) is -0.0408. The van der Waals surface area contributed by atoms with E-state index >= 15 is 0 Å². The molecule has 0 unspecified atom stereocenters. The second kappa shape index (κ2) is 6.82. The van der Waals surface area contributed by atoms with E-state index in [0.29, 0.717) is 27.5 Å². The standard InChI is InChI=1S/C20H15N3O4S/c1-11-7-8-12(9-15(11)27-13-5-3-2-4-6-13)23-14-10-16(20(25)26)28-18(14)22-17(21)19(23)24/h2-10H,1H3,(H2,21,22)(H,25,26). The van der Waals surface area contributed by atoms with Crippen LogP contribution in [0.2, 0.25) is 0 Å². The van der Waals surface area contributed by atoms with Crippen LogP contribution in [-0.2, 0) is 0 Å². The van der Waals surface area contributed by atoms with Crippen LogP contribution in [-0.4, -0.2) is 20.6 Å². The fourth-order valence-corrected chi connectivity index (χ4v) is 3.67. The quantitative estimate of drug-likeness (QED) is 0.546. The van der Waals surface area contributed by atoms with Gasteiger partial charge in [0.15, 0.2) is 5.82 Å². The van der Waals surface area contributed by atoms with Gasteiger partial charge in [0, 0.05) is 6.07 Å². The molecule has 0 saturated heterocycles. The molecule has 3 N–H and O–H groups in total. The summed E-state index contributed by atoms with van der Waals surface area (Å²) in [5, 5.41) is 9.27. The summed E-state index contributed by atoms with van der Waals surface area (Å²) in [5.41, 5.74) is 7.05. The Labute approximate surface area is 163 Å². The molecule has 4 aromatic rings. The molecule has 0 fully saturated rings. The average Bonchev–Trinajstić information content (AvgIpc) is 3.09. The number of hydrogen-bond donors (Lipinski definition) is 2. The molecule has 0 aliphatic carbocycles. The molecule has 2 heterocycles. The Hall–Kier alpha value is -3.65. The van der Waals surface area contributed by atoms with Crippen molar-refractivity contribution < 1.29 is 14.6 Å². The number of nitrogen functional groups attached to an aromatic ring is 1. The maximum Gasteiger partial charge on any atom is 0.346 e. The third-order valence-corrected chi connectivity index (χ3v) is 5.20. The summed E-state index contributed by atoms with van der Waals surface area (Å²) in [6.45, 7) is 1.90. The highest BCUT2D eigenvalue weighted by atomic mass is 32.1. The van der Waals surface area contributed by atoms with Gasteiger partial charge < -0.3 is 15.6 Å². The number of nitrogens with zero attached hydrogens (tertiary/aromatic N) is 2. The van der Waals surface area contributed by atoms with Crippen molar-refractivity contribution in [3.63, 3.8) is 0 Å². The number of fused-ring (bicyclic) bond motifs is 1. The van der Waals surface area contributed by atoms with Crippen LogP contribution in [0.5, 0.6) is 11.5 Å². The Kier molecular flexibility index (Phi) is 4.32. The lowest BCUT2D eigenvalue weighted by Gasteiger charge is -2.13. The molecule has 4 rings (SSSR count). The van der Waals surface area contributed by atoms with Gasteiger partial charge in [-0.25, -0.2) is 9.78 Å². The molecule has 0 aliphatic rings. The third kappa shape index (κ3) is 3.10. The van der Waals surface area contributed by atoms with Gasteiger partial charge in [-0.2, -0.15) is 0 Å². The molecule has 7 nitrogen and oxygen atoms in total. The SMILES string of the molecule is Cc1ccc(-n2c(=O)c(N)nc3sc(C(=O)O)cc32)cc1Oc1ccccc1. The summed E-state index contributed by atoms with van der Waals surface area (Å²) in [6, 6.07) is 16.0. The first-order chi connectivity index (χ1) is 13.4. The van der Waals surface area contributed by atoms with Gasteiger partial charge in [-0.1, -0.05) is 24.3 Å². The fraction of sp³-hybridized carbons (Fsp3) is 0.0500. The lowest BCUT2D eigenvalue weighted by atomic mass is 10.2. The molecule has 0 atom stereocenters. The molecule has 0 saturated carbocycles. The van der Waals surface area contributed by atoms with E-state index < -0.39 is 11.5 Å². The van der Waals surface area contributed by atoms with Crippen molar-refractivity contribution in [2.24, 2.45) is 0 Å². The van der Waals surface area contributed by atoms with Gasteiger partial charge >= 0.3 is 5.97 Å². The van der Waals surface area contributed by atoms with Crippen molar-refractivity contribution in [1.29, 1.82) is 0 Å². The lowest BCUT2D eigenvalue weighted by molar-refractivity contribution is 0.0702. The van der Waals surface area contributed by atoms with Crippen LogP contribution in [0.4, 0.5) is 5.82 Å². The molecule has 0 radical (unpaired) electrons. The van der Waals surface area contributed by atoms with Gasteiger partial charge in [0.05, 0.1) is 11.2 Å². The zero-order valence-corrected chi connectivity index (χ0v) is 15.6. The smallest absolute Gasteiger partial charge is 0.346 e. The second-order valence-corrected chi connectivity index (χ2v) is 7.14. The van der Waals surface area contributed by atoms with E-state index in [4.69, 9.17) is 10.5 Å². The Balaban J connectivity index is 1.90. The molecule has 2 aromatic heterocycles. The summed E-state index contributed by atoms with van der Waals surface area (Å²) >= 11 is 0.965. The van der Waals surface area contributed by atoms with Crippen molar-refractivity contribution in [3.8, 4) is 17.2 Å². The van der Waals surface area contributed by atoms with Crippen molar-refractivity contribution >= 4 is 33.5 Å². The number of aromatic nitrogens is 2. The predicted octanol–water partition coefficient (Wildman–Crippen LogP) is 3.83. The van der Waals surface area contributed by atoms with Crippen molar-refractivity contribution in [3.05, 3.63) is 75.4 Å². The molecule has 140 valence electrons. The molecule has 0 aliphatic heterocycles. The van der Waals surface area contributed by atoms with Crippen LogP contribution >= 0.6 is 11.3 Å². The third-order valence-electron chi connectivity index (χ3n) is 4.19. The van der Waals surface area contributed by atoms with Gasteiger partial charge in [0.25, 0.3) is 5.56 Å². The number of nitrogens with two attached hydrogens (primary N) is 1. The minimum atomic E-state index is -1.09. The molecule has 0 bridgehead atoms. The maximum absolute atomic E-state index is 12.7. The molecule has 0 spiro atoms. The minimum absolute atomic E-state index is 0.0779. The Morgan fingerprint density at radius 2 is 1.93 bits per heavy atom. The van der Waals surface area contributed by atoms with E-state index in [1.54, 1.807) is 12.1 Å². The Morgan fingerprint density at radius 3 is 2.64 bits per heavy atom. The summed E-state index contributed by atoms with van der Waals surface area (Å²) in [4.78, 5) is 28.5. The van der Waals surface area contributed by atoms with Gasteiger partial charge in [-0.3, -0.25) is 9.36 Å². The average molecular weight is 393 g/mol. The van der Waals surface area contributed by atoms with E-state index in [1.807, 2.05) is 43.3 Å².